The largest absolute Gasteiger partial charge is 0.506 e. The van der Waals surface area contributed by atoms with Crippen molar-refractivity contribution >= 4 is 23.2 Å². The van der Waals surface area contributed by atoms with Crippen LogP contribution in [0.2, 0.25) is 0 Å². The highest BCUT2D eigenvalue weighted by atomic mass is 16.5. The van der Waals surface area contributed by atoms with E-state index in [9.17, 15) is 9.90 Å². The van der Waals surface area contributed by atoms with Crippen molar-refractivity contribution in [1.82, 2.24) is 10.2 Å². The predicted octanol–water partition coefficient (Wildman–Crippen LogP) is 4.17. The Morgan fingerprint density at radius 2 is 2.08 bits per heavy atom. The highest BCUT2D eigenvalue weighted by Crippen LogP contribution is 2.38. The van der Waals surface area contributed by atoms with Crippen molar-refractivity contribution in [3.05, 3.63) is 40.9 Å². The van der Waals surface area contributed by atoms with Crippen molar-refractivity contribution < 1.29 is 14.6 Å². The van der Waals surface area contributed by atoms with E-state index in [1.54, 1.807) is 0 Å². The Morgan fingerprint density at radius 1 is 1.38 bits per heavy atom. The van der Waals surface area contributed by atoms with Gasteiger partial charge in [-0.05, 0) is 23.6 Å². The summed E-state index contributed by atoms with van der Waals surface area (Å²) < 4.78 is 4.62. The number of phenols is 1. The molecule has 0 unspecified atom stereocenters. The van der Waals surface area contributed by atoms with E-state index in [1.807, 2.05) is 20.8 Å². The van der Waals surface area contributed by atoms with Gasteiger partial charge in [0.2, 0.25) is 0 Å². The summed E-state index contributed by atoms with van der Waals surface area (Å²) in [4.78, 5) is 15.0. The second kappa shape index (κ2) is 6.50. The lowest BCUT2D eigenvalue weighted by atomic mass is 9.91. The maximum Gasteiger partial charge on any atom is 0.337 e. The summed E-state index contributed by atoms with van der Waals surface area (Å²) in [6.45, 7) is 13.1. The maximum atomic E-state index is 11.5. The predicted molar refractivity (Wildman–Crippen MR) is 87.2 cm³/mol. The molecule has 0 aliphatic heterocycles. The van der Waals surface area contributed by atoms with Crippen LogP contribution in [0.15, 0.2) is 28.4 Å². The minimum Gasteiger partial charge on any atom is -0.506 e. The first-order chi connectivity index (χ1) is 11.3. The summed E-state index contributed by atoms with van der Waals surface area (Å²) in [6, 6.07) is 4.09. The third-order valence-corrected chi connectivity index (χ3v) is 3.20. The molecule has 0 radical (unpaired) electrons. The molecule has 0 saturated carbocycles. The van der Waals surface area contributed by atoms with Crippen LogP contribution in [0.25, 0.3) is 4.85 Å². The topological polar surface area (TPSA) is 104 Å². The number of nitrogens with one attached hydrogen (secondary N) is 1. The number of phenolic OH excluding ortho intramolecular Hbond substituents is 1. The van der Waals surface area contributed by atoms with Crippen LogP contribution in [0.4, 0.5) is 17.2 Å². The number of ether oxygens (including phenoxy) is 1. The van der Waals surface area contributed by atoms with E-state index in [0.717, 1.165) is 0 Å². The van der Waals surface area contributed by atoms with E-state index < -0.39 is 5.97 Å². The summed E-state index contributed by atoms with van der Waals surface area (Å²) in [6.07, 6.45) is 0. The second-order valence-electron chi connectivity index (χ2n) is 6.03. The standard InChI is InChI=1S/C16H17N5O3/c1-16(2,3)13-12(17-4)14(21-19-13)20-18-10-8-9(15(23)24-5)6-7-11(10)22/h6-8,22H,1-3,5H3,(H,19,21)/b20-18+. The van der Waals surface area contributed by atoms with Gasteiger partial charge in [-0.2, -0.15) is 5.10 Å². The van der Waals surface area contributed by atoms with Gasteiger partial charge >= 0.3 is 5.97 Å². The Labute approximate surface area is 139 Å². The lowest BCUT2D eigenvalue weighted by molar-refractivity contribution is 0.0601. The fraction of sp³-hybridized carbons (Fsp3) is 0.312. The van der Waals surface area contributed by atoms with Crippen LogP contribution in [-0.4, -0.2) is 28.4 Å². The third-order valence-electron chi connectivity index (χ3n) is 3.20. The number of hydrogen-bond donors (Lipinski definition) is 2. The molecule has 2 rings (SSSR count). The summed E-state index contributed by atoms with van der Waals surface area (Å²) >= 11 is 0. The molecule has 0 saturated heterocycles. The van der Waals surface area contributed by atoms with Gasteiger partial charge in [0.1, 0.15) is 11.4 Å². The molecular weight excluding hydrogens is 310 g/mol. The summed E-state index contributed by atoms with van der Waals surface area (Å²) in [5.41, 5.74) is 0.848. The molecule has 0 aliphatic carbocycles. The highest BCUT2D eigenvalue weighted by Gasteiger charge is 2.24. The van der Waals surface area contributed by atoms with Crippen LogP contribution >= 0.6 is 0 Å². The van der Waals surface area contributed by atoms with Gasteiger partial charge in [-0.1, -0.05) is 20.8 Å². The molecule has 0 aliphatic rings. The Bertz CT molecular complexity index is 840. The van der Waals surface area contributed by atoms with Crippen molar-refractivity contribution in [2.24, 2.45) is 10.2 Å². The number of rotatable bonds is 3. The van der Waals surface area contributed by atoms with E-state index in [4.69, 9.17) is 6.57 Å². The van der Waals surface area contributed by atoms with E-state index in [-0.39, 0.29) is 33.9 Å². The maximum absolute atomic E-state index is 11.5. The number of carbonyl (C=O) groups excluding carboxylic acids is 1. The number of nitrogens with zero attached hydrogens (tertiary/aromatic N) is 4. The van der Waals surface area contributed by atoms with Crippen molar-refractivity contribution in [3.63, 3.8) is 0 Å². The fourth-order valence-corrected chi connectivity index (χ4v) is 1.98. The zero-order chi connectivity index (χ0) is 17.9. The molecule has 1 aromatic heterocycles. The Morgan fingerprint density at radius 3 is 2.67 bits per heavy atom. The van der Waals surface area contributed by atoms with Crippen molar-refractivity contribution in [2.75, 3.05) is 7.11 Å². The van der Waals surface area contributed by atoms with Crippen molar-refractivity contribution in [1.29, 1.82) is 0 Å². The number of carbonyl (C=O) groups is 1. The number of H-pyrrole nitrogens is 1. The second-order valence-corrected chi connectivity index (χ2v) is 6.03. The van der Waals surface area contributed by atoms with Crippen LogP contribution in [0.3, 0.4) is 0 Å². The normalized spacial score (nSPS) is 11.5. The van der Waals surface area contributed by atoms with E-state index >= 15 is 0 Å². The van der Waals surface area contributed by atoms with Gasteiger partial charge in [0.15, 0.2) is 5.82 Å². The van der Waals surface area contributed by atoms with E-state index in [0.29, 0.717) is 5.69 Å². The number of hydrogen-bond acceptors (Lipinski definition) is 6. The summed E-state index contributed by atoms with van der Waals surface area (Å²) in [5, 5.41) is 24.5. The average molecular weight is 327 g/mol. The van der Waals surface area contributed by atoms with Gasteiger partial charge in [-0.15, -0.1) is 10.2 Å². The summed E-state index contributed by atoms with van der Waals surface area (Å²) in [7, 11) is 1.26. The molecule has 8 heteroatoms. The number of esters is 1. The van der Waals surface area contributed by atoms with Crippen LogP contribution < -0.4 is 0 Å². The van der Waals surface area contributed by atoms with Gasteiger partial charge in [-0.3, -0.25) is 5.10 Å². The summed E-state index contributed by atoms with van der Waals surface area (Å²) in [5.74, 6) is -0.506. The van der Waals surface area contributed by atoms with Crippen LogP contribution in [0.5, 0.6) is 5.75 Å². The zero-order valence-corrected chi connectivity index (χ0v) is 13.8. The number of aromatic nitrogens is 2. The SMILES string of the molecule is [C-]#[N+]c1c(C(C)(C)C)n[nH]c1/N=N/c1cc(C(=O)OC)ccc1O. The van der Waals surface area contributed by atoms with Gasteiger partial charge in [0.25, 0.3) is 5.69 Å². The van der Waals surface area contributed by atoms with Crippen LogP contribution in [0, 0.1) is 6.57 Å². The lowest BCUT2D eigenvalue weighted by Crippen LogP contribution is -2.11. The fourth-order valence-electron chi connectivity index (χ4n) is 1.98. The molecule has 0 amide bonds. The molecule has 2 aromatic rings. The molecule has 1 heterocycles. The monoisotopic (exact) mass is 327 g/mol. The molecule has 124 valence electrons. The Kier molecular flexibility index (Phi) is 4.64. The average Bonchev–Trinajstić information content (AvgIpc) is 2.96. The highest BCUT2D eigenvalue weighted by molar-refractivity contribution is 5.90. The third kappa shape index (κ3) is 3.41. The van der Waals surface area contributed by atoms with Gasteiger partial charge in [0, 0.05) is 0 Å². The minimum atomic E-state index is -0.551. The smallest absolute Gasteiger partial charge is 0.337 e. The number of benzene rings is 1. The first kappa shape index (κ1) is 17.1. The Hall–Kier alpha value is -3.21. The van der Waals surface area contributed by atoms with Crippen LogP contribution in [-0.2, 0) is 10.2 Å². The zero-order valence-electron chi connectivity index (χ0n) is 13.8. The molecule has 0 bridgehead atoms. The van der Waals surface area contributed by atoms with Crippen molar-refractivity contribution in [3.8, 4) is 5.75 Å². The van der Waals surface area contributed by atoms with Crippen LogP contribution in [0.1, 0.15) is 36.8 Å². The molecular formula is C16H17N5O3. The molecule has 0 atom stereocenters. The molecule has 0 spiro atoms. The number of methoxy groups -OCH3 is 1. The number of azo groups is 1. The first-order valence-corrected chi connectivity index (χ1v) is 7.07. The minimum absolute atomic E-state index is 0.0840. The van der Waals surface area contributed by atoms with Crippen molar-refractivity contribution in [2.45, 2.75) is 26.2 Å². The molecule has 24 heavy (non-hydrogen) atoms. The molecule has 8 nitrogen and oxygen atoms in total. The number of aromatic amines is 1. The number of aromatic hydroxyl groups is 1. The first-order valence-electron chi connectivity index (χ1n) is 7.07. The molecule has 0 fully saturated rings. The lowest BCUT2D eigenvalue weighted by Gasteiger charge is -2.15. The van der Waals surface area contributed by atoms with Gasteiger partial charge in [-0.25, -0.2) is 9.64 Å². The quantitative estimate of drug-likeness (QED) is 0.501. The van der Waals surface area contributed by atoms with E-state index in [2.05, 4.69) is 30.0 Å². The molecule has 2 N–H and O–H groups in total. The van der Waals surface area contributed by atoms with E-state index in [1.165, 1.54) is 25.3 Å². The molecule has 1 aromatic carbocycles. The van der Waals surface area contributed by atoms with Gasteiger partial charge < -0.3 is 9.84 Å². The Balaban J connectivity index is 2.41. The van der Waals surface area contributed by atoms with Gasteiger partial charge in [0.05, 0.1) is 24.9 Å².